The van der Waals surface area contributed by atoms with Gasteiger partial charge in [-0.05, 0) is 17.2 Å². The van der Waals surface area contributed by atoms with Crippen LogP contribution in [0.5, 0.6) is 0 Å². The largest absolute Gasteiger partial charge is 0.208 e. The van der Waals surface area contributed by atoms with Crippen LogP contribution >= 0.6 is 11.3 Å². The molecule has 0 aliphatic rings. The molecule has 2 heterocycles. The first kappa shape index (κ1) is 21.6. The molecular formula is C33H21N3S. The van der Waals surface area contributed by atoms with Gasteiger partial charge in [0.05, 0.1) is 0 Å². The van der Waals surface area contributed by atoms with Crippen molar-refractivity contribution < 1.29 is 0 Å². The van der Waals surface area contributed by atoms with Crippen LogP contribution in [0.4, 0.5) is 0 Å². The van der Waals surface area contributed by atoms with E-state index in [1.807, 2.05) is 72.0 Å². The molecule has 5 aromatic carbocycles. The van der Waals surface area contributed by atoms with Crippen LogP contribution in [0.1, 0.15) is 0 Å². The van der Waals surface area contributed by atoms with E-state index in [1.54, 1.807) is 0 Å². The maximum absolute atomic E-state index is 4.86. The molecule has 0 N–H and O–H groups in total. The van der Waals surface area contributed by atoms with Crippen LogP contribution in [-0.4, -0.2) is 15.0 Å². The number of rotatable bonds is 4. The predicted molar refractivity (Wildman–Crippen MR) is 154 cm³/mol. The third-order valence-corrected chi connectivity index (χ3v) is 7.78. The van der Waals surface area contributed by atoms with Gasteiger partial charge in [-0.2, -0.15) is 0 Å². The second-order valence-corrected chi connectivity index (χ2v) is 9.95. The summed E-state index contributed by atoms with van der Waals surface area (Å²) < 4.78 is 2.63. The molecule has 0 saturated carbocycles. The molecule has 2 aromatic heterocycles. The molecule has 0 aliphatic carbocycles. The number of benzene rings is 5. The third kappa shape index (κ3) is 3.98. The number of aromatic nitrogens is 3. The van der Waals surface area contributed by atoms with E-state index in [-0.39, 0.29) is 0 Å². The first-order valence-corrected chi connectivity index (χ1v) is 13.0. The fraction of sp³-hybridized carbons (Fsp3) is 0. The Morgan fingerprint density at radius 2 is 0.865 bits per heavy atom. The van der Waals surface area contributed by atoms with E-state index in [9.17, 15) is 0 Å². The van der Waals surface area contributed by atoms with Gasteiger partial charge < -0.3 is 0 Å². The molecule has 7 aromatic rings. The van der Waals surface area contributed by atoms with Crippen molar-refractivity contribution in [2.24, 2.45) is 0 Å². The highest BCUT2D eigenvalue weighted by Gasteiger charge is 2.13. The maximum atomic E-state index is 4.86. The molecule has 3 nitrogen and oxygen atoms in total. The molecular weight excluding hydrogens is 470 g/mol. The van der Waals surface area contributed by atoms with Crippen molar-refractivity contribution in [1.29, 1.82) is 0 Å². The molecule has 7 rings (SSSR count). The first-order chi connectivity index (χ1) is 18.3. The third-order valence-electron chi connectivity index (χ3n) is 6.56. The molecule has 0 atom stereocenters. The zero-order chi connectivity index (χ0) is 24.6. The molecule has 4 heteroatoms. The molecule has 0 radical (unpaired) electrons. The summed E-state index contributed by atoms with van der Waals surface area (Å²) in [5, 5.41) is 2.62. The van der Waals surface area contributed by atoms with E-state index in [1.165, 1.54) is 31.3 Å². The average molecular weight is 492 g/mol. The highest BCUT2D eigenvalue weighted by Crippen LogP contribution is 2.40. The summed E-state index contributed by atoms with van der Waals surface area (Å²) in [6.07, 6.45) is 0. The number of fused-ring (bicyclic) bond motifs is 3. The molecule has 0 spiro atoms. The summed E-state index contributed by atoms with van der Waals surface area (Å²) in [5.41, 5.74) is 5.33. The van der Waals surface area contributed by atoms with Crippen molar-refractivity contribution in [3.63, 3.8) is 0 Å². The topological polar surface area (TPSA) is 38.7 Å². The lowest BCUT2D eigenvalue weighted by molar-refractivity contribution is 1.07. The number of thiophene rings is 1. The van der Waals surface area contributed by atoms with Crippen LogP contribution in [0.25, 0.3) is 65.5 Å². The number of hydrogen-bond donors (Lipinski definition) is 0. The molecule has 0 fully saturated rings. The van der Waals surface area contributed by atoms with Gasteiger partial charge >= 0.3 is 0 Å². The van der Waals surface area contributed by atoms with Crippen LogP contribution in [0.3, 0.4) is 0 Å². The number of nitrogens with zero attached hydrogens (tertiary/aromatic N) is 3. The van der Waals surface area contributed by atoms with Gasteiger partial charge in [-0.15, -0.1) is 11.3 Å². The Hall–Kier alpha value is -4.67. The average Bonchev–Trinajstić information content (AvgIpc) is 3.37. The lowest BCUT2D eigenvalue weighted by Gasteiger charge is -2.09. The van der Waals surface area contributed by atoms with Crippen LogP contribution in [0.2, 0.25) is 0 Å². The molecule has 0 saturated heterocycles. The Morgan fingerprint density at radius 3 is 1.49 bits per heavy atom. The second-order valence-electron chi connectivity index (χ2n) is 8.90. The van der Waals surface area contributed by atoms with Crippen LogP contribution in [0.15, 0.2) is 127 Å². The van der Waals surface area contributed by atoms with Gasteiger partial charge in [-0.25, -0.2) is 15.0 Å². The highest BCUT2D eigenvalue weighted by molar-refractivity contribution is 7.26. The van der Waals surface area contributed by atoms with Crippen molar-refractivity contribution >= 4 is 31.5 Å². The Kier molecular flexibility index (Phi) is 5.30. The number of hydrogen-bond acceptors (Lipinski definition) is 4. The van der Waals surface area contributed by atoms with E-state index >= 15 is 0 Å². The standard InChI is InChI=1S/C33H21N3S/c1-3-10-23(11-4-1)31-34-32(24-12-5-2-6-13-24)36-33(35-31)25-20-18-22(19-21-25)26-15-9-16-28-27-14-7-8-17-29(27)37-30(26)28/h1-21H. The summed E-state index contributed by atoms with van der Waals surface area (Å²) in [7, 11) is 0. The summed E-state index contributed by atoms with van der Waals surface area (Å²) in [4.78, 5) is 14.5. The van der Waals surface area contributed by atoms with Gasteiger partial charge in [0.2, 0.25) is 0 Å². The lowest BCUT2D eigenvalue weighted by Crippen LogP contribution is -2.00. The minimum absolute atomic E-state index is 0.666. The zero-order valence-corrected chi connectivity index (χ0v) is 20.7. The molecule has 0 bridgehead atoms. The van der Waals surface area contributed by atoms with E-state index in [2.05, 4.69) is 66.7 Å². The van der Waals surface area contributed by atoms with Gasteiger partial charge in [0.25, 0.3) is 0 Å². The lowest BCUT2D eigenvalue weighted by atomic mass is 10.0. The maximum Gasteiger partial charge on any atom is 0.164 e. The second kappa shape index (κ2) is 9.08. The van der Waals surface area contributed by atoms with Crippen molar-refractivity contribution in [2.45, 2.75) is 0 Å². The first-order valence-electron chi connectivity index (χ1n) is 12.2. The van der Waals surface area contributed by atoms with Gasteiger partial charge in [-0.3, -0.25) is 0 Å². The Balaban J connectivity index is 1.33. The molecule has 0 aliphatic heterocycles. The van der Waals surface area contributed by atoms with E-state index in [0.717, 1.165) is 16.7 Å². The molecule has 174 valence electrons. The molecule has 37 heavy (non-hydrogen) atoms. The fourth-order valence-corrected chi connectivity index (χ4v) is 5.95. The highest BCUT2D eigenvalue weighted by atomic mass is 32.1. The van der Waals surface area contributed by atoms with Crippen LogP contribution < -0.4 is 0 Å². The van der Waals surface area contributed by atoms with Crippen molar-refractivity contribution in [3.05, 3.63) is 127 Å². The van der Waals surface area contributed by atoms with Crippen molar-refractivity contribution in [3.8, 4) is 45.3 Å². The van der Waals surface area contributed by atoms with E-state index in [4.69, 9.17) is 15.0 Å². The predicted octanol–water partition coefficient (Wildman–Crippen LogP) is 8.91. The Morgan fingerprint density at radius 1 is 0.378 bits per heavy atom. The zero-order valence-electron chi connectivity index (χ0n) is 19.9. The summed E-state index contributed by atoms with van der Waals surface area (Å²) >= 11 is 1.85. The summed E-state index contributed by atoms with van der Waals surface area (Å²) in [5.74, 6) is 2.01. The minimum atomic E-state index is 0.666. The smallest absolute Gasteiger partial charge is 0.164 e. The SMILES string of the molecule is c1ccc(-c2nc(-c3ccccc3)nc(-c3ccc(-c4cccc5c4sc4ccccc45)cc3)n2)cc1. The van der Waals surface area contributed by atoms with E-state index in [0.29, 0.717) is 17.5 Å². The van der Waals surface area contributed by atoms with Crippen LogP contribution in [-0.2, 0) is 0 Å². The van der Waals surface area contributed by atoms with Gasteiger partial charge in [0.1, 0.15) is 0 Å². The summed E-state index contributed by atoms with van der Waals surface area (Å²) in [6.45, 7) is 0. The van der Waals surface area contributed by atoms with Gasteiger partial charge in [0, 0.05) is 36.9 Å². The van der Waals surface area contributed by atoms with Crippen LogP contribution in [0, 0.1) is 0 Å². The summed E-state index contributed by atoms with van der Waals surface area (Å²) in [6, 6.07) is 43.9. The molecule has 0 amide bonds. The van der Waals surface area contributed by atoms with E-state index < -0.39 is 0 Å². The van der Waals surface area contributed by atoms with Gasteiger partial charge in [0.15, 0.2) is 17.5 Å². The van der Waals surface area contributed by atoms with Crippen molar-refractivity contribution in [1.82, 2.24) is 15.0 Å². The quantitative estimate of drug-likeness (QED) is 0.247. The van der Waals surface area contributed by atoms with Gasteiger partial charge in [-0.1, -0.05) is 121 Å². The van der Waals surface area contributed by atoms with Crippen molar-refractivity contribution in [2.75, 3.05) is 0 Å². The fourth-order valence-electron chi connectivity index (χ4n) is 4.71. The minimum Gasteiger partial charge on any atom is -0.208 e. The normalized spacial score (nSPS) is 11.2. The Bertz CT molecular complexity index is 1800. The molecule has 0 unspecified atom stereocenters. The monoisotopic (exact) mass is 491 g/mol. The Labute approximate surface area is 218 Å².